The number of nitrogens with zero attached hydrogens (tertiary/aromatic N) is 2. The fourth-order valence-electron chi connectivity index (χ4n) is 3.73. The number of alkyl halides is 2. The number of benzene rings is 2. The zero-order valence-corrected chi connectivity index (χ0v) is 22.8. The Hall–Kier alpha value is -3.15. The lowest BCUT2D eigenvalue weighted by molar-refractivity contribution is -0.387. The fourth-order valence-corrected chi connectivity index (χ4v) is 4.79. The van der Waals surface area contributed by atoms with E-state index in [1.807, 2.05) is 0 Å². The molecule has 0 saturated heterocycles. The molecule has 4 rings (SSSR count). The van der Waals surface area contributed by atoms with Crippen LogP contribution >= 0.6 is 35.0 Å². The Morgan fingerprint density at radius 3 is 2.49 bits per heavy atom. The lowest BCUT2D eigenvalue weighted by Gasteiger charge is -2.21. The van der Waals surface area contributed by atoms with Crippen molar-refractivity contribution in [1.29, 1.82) is 0 Å². The van der Waals surface area contributed by atoms with Gasteiger partial charge >= 0.3 is 12.6 Å². The van der Waals surface area contributed by atoms with Crippen LogP contribution in [0.15, 0.2) is 53.7 Å². The maximum Gasteiger partial charge on any atom is 0.387 e. The summed E-state index contributed by atoms with van der Waals surface area (Å²) in [5, 5.41) is 12.0. The van der Waals surface area contributed by atoms with E-state index >= 15 is 0 Å². The third-order valence-corrected chi connectivity index (χ3v) is 7.37. The van der Waals surface area contributed by atoms with Gasteiger partial charge in [-0.3, -0.25) is 15.1 Å². The third-order valence-electron chi connectivity index (χ3n) is 5.93. The minimum Gasteiger partial charge on any atom is -0.489 e. The Morgan fingerprint density at radius 1 is 1.15 bits per heavy atom. The number of carbonyl (C=O) groups is 1. The van der Waals surface area contributed by atoms with Gasteiger partial charge in [-0.1, -0.05) is 29.3 Å². The molecule has 0 N–H and O–H groups in total. The largest absolute Gasteiger partial charge is 0.489 e. The van der Waals surface area contributed by atoms with Crippen LogP contribution in [-0.4, -0.2) is 35.4 Å². The van der Waals surface area contributed by atoms with E-state index in [-0.39, 0.29) is 39.2 Å². The van der Waals surface area contributed by atoms with Gasteiger partial charge in [-0.25, -0.2) is 4.79 Å². The molecule has 1 aromatic heterocycles. The first-order chi connectivity index (χ1) is 18.7. The van der Waals surface area contributed by atoms with Gasteiger partial charge in [-0.05, 0) is 60.4 Å². The van der Waals surface area contributed by atoms with E-state index in [4.69, 9.17) is 32.7 Å². The lowest BCUT2D eigenvalue weighted by Crippen LogP contribution is -2.15. The van der Waals surface area contributed by atoms with E-state index < -0.39 is 23.6 Å². The smallest absolute Gasteiger partial charge is 0.387 e. The minimum absolute atomic E-state index is 0.00592. The highest BCUT2D eigenvalue weighted by Crippen LogP contribution is 2.38. The van der Waals surface area contributed by atoms with Gasteiger partial charge in [-0.15, -0.1) is 11.8 Å². The summed E-state index contributed by atoms with van der Waals surface area (Å²) in [4.78, 5) is 28.4. The first-order valence-electron chi connectivity index (χ1n) is 11.7. The van der Waals surface area contributed by atoms with E-state index in [1.54, 1.807) is 6.26 Å². The normalized spacial score (nSPS) is 13.7. The van der Waals surface area contributed by atoms with Crippen molar-refractivity contribution in [2.45, 2.75) is 36.9 Å². The second kappa shape index (κ2) is 12.8. The van der Waals surface area contributed by atoms with Gasteiger partial charge in [0.15, 0.2) is 11.5 Å². The second-order valence-electron chi connectivity index (χ2n) is 8.66. The molecule has 13 heteroatoms. The predicted octanol–water partition coefficient (Wildman–Crippen LogP) is 7.55. The molecule has 1 aliphatic rings. The Labute approximate surface area is 236 Å². The molecule has 1 fully saturated rings. The van der Waals surface area contributed by atoms with Crippen molar-refractivity contribution in [1.82, 2.24) is 4.98 Å². The quantitative estimate of drug-likeness (QED) is 0.0911. The van der Waals surface area contributed by atoms with Crippen LogP contribution in [0.4, 0.5) is 14.5 Å². The van der Waals surface area contributed by atoms with Crippen LogP contribution < -0.4 is 9.47 Å². The lowest BCUT2D eigenvalue weighted by atomic mass is 10.0. The van der Waals surface area contributed by atoms with Crippen molar-refractivity contribution in [2.75, 3.05) is 12.9 Å². The van der Waals surface area contributed by atoms with Crippen LogP contribution in [0.1, 0.15) is 40.4 Å². The van der Waals surface area contributed by atoms with Crippen LogP contribution in [-0.2, 0) is 11.2 Å². The van der Waals surface area contributed by atoms with E-state index in [0.717, 1.165) is 18.9 Å². The van der Waals surface area contributed by atoms with E-state index in [2.05, 4.69) is 9.72 Å². The van der Waals surface area contributed by atoms with Crippen molar-refractivity contribution in [3.05, 3.63) is 85.6 Å². The van der Waals surface area contributed by atoms with Gasteiger partial charge in [-0.2, -0.15) is 8.78 Å². The molecule has 0 aliphatic heterocycles. The molecule has 1 aliphatic carbocycles. The monoisotopic (exact) mass is 598 g/mol. The van der Waals surface area contributed by atoms with E-state index in [1.165, 1.54) is 54.5 Å². The van der Waals surface area contributed by atoms with Gasteiger partial charge in [0.05, 0.1) is 32.0 Å². The molecule has 0 amide bonds. The van der Waals surface area contributed by atoms with Crippen LogP contribution in [0.3, 0.4) is 0 Å². The summed E-state index contributed by atoms with van der Waals surface area (Å²) in [6, 6.07) is 8.25. The first kappa shape index (κ1) is 28.8. The van der Waals surface area contributed by atoms with Gasteiger partial charge in [0.25, 0.3) is 5.69 Å². The number of ether oxygens (including phenoxy) is 3. The molecule has 1 unspecified atom stereocenters. The maximum absolute atomic E-state index is 13.2. The van der Waals surface area contributed by atoms with Crippen molar-refractivity contribution in [3.8, 4) is 11.5 Å². The number of aromatic nitrogens is 1. The number of hydrogen-bond acceptors (Lipinski definition) is 8. The molecule has 206 valence electrons. The topological polar surface area (TPSA) is 101 Å². The fraction of sp³-hybridized carbons (Fsp3) is 0.308. The molecule has 0 spiro atoms. The van der Waals surface area contributed by atoms with Crippen molar-refractivity contribution >= 4 is 46.6 Å². The summed E-state index contributed by atoms with van der Waals surface area (Å²) in [5.41, 5.74) is 0.537. The van der Waals surface area contributed by atoms with Crippen LogP contribution in [0.25, 0.3) is 0 Å². The maximum atomic E-state index is 13.2. The second-order valence-corrected chi connectivity index (χ2v) is 10.3. The number of halogens is 4. The number of nitro groups is 1. The van der Waals surface area contributed by atoms with E-state index in [0.29, 0.717) is 28.5 Å². The Bertz CT molecular complexity index is 1360. The number of pyridine rings is 1. The highest BCUT2D eigenvalue weighted by molar-refractivity contribution is 7.98. The number of carbonyl (C=O) groups excluding carboxylic acids is 1. The molecule has 1 saturated carbocycles. The molecule has 1 atom stereocenters. The third kappa shape index (κ3) is 7.49. The SMILES string of the molecule is CSc1ccc(C(=O)OC(Cc2c(Cl)cncc2Cl)c2ccc(OC(F)F)c(OCC3CC3)c2)cc1[N+](=O)[O-]. The number of esters is 1. The minimum atomic E-state index is -3.07. The summed E-state index contributed by atoms with van der Waals surface area (Å²) < 4.78 is 42.2. The average Bonchev–Trinajstić information content (AvgIpc) is 3.73. The molecular formula is C26H22Cl2F2N2O6S. The highest BCUT2D eigenvalue weighted by Gasteiger charge is 2.27. The first-order valence-corrected chi connectivity index (χ1v) is 13.7. The molecule has 1 heterocycles. The summed E-state index contributed by atoms with van der Waals surface area (Å²) in [7, 11) is 0. The summed E-state index contributed by atoms with van der Waals surface area (Å²) in [6.45, 7) is -2.75. The van der Waals surface area contributed by atoms with Crippen molar-refractivity contribution in [3.63, 3.8) is 0 Å². The van der Waals surface area contributed by atoms with Crippen LogP contribution in [0.2, 0.25) is 10.0 Å². The van der Waals surface area contributed by atoms with Crippen LogP contribution in [0.5, 0.6) is 11.5 Å². The molecule has 0 radical (unpaired) electrons. The molecule has 0 bridgehead atoms. The van der Waals surface area contributed by atoms with Gasteiger partial charge < -0.3 is 14.2 Å². The number of rotatable bonds is 12. The van der Waals surface area contributed by atoms with Crippen molar-refractivity contribution in [2.24, 2.45) is 5.92 Å². The number of hydrogen-bond donors (Lipinski definition) is 0. The standard InChI is InChI=1S/C26H22Cl2F2N2O6S/c1-39-24-7-5-16(8-20(24)32(34)35)25(33)37-22(10-17-18(27)11-31-12-19(17)28)15-4-6-21(38-26(29)30)23(9-15)36-13-14-2-3-14/h4-9,11-12,14,22,26H,2-3,10,13H2,1H3. The Balaban J connectivity index is 1.70. The Kier molecular flexibility index (Phi) is 9.47. The summed E-state index contributed by atoms with van der Waals surface area (Å²) >= 11 is 13.8. The van der Waals surface area contributed by atoms with Gasteiger partial charge in [0.2, 0.25) is 0 Å². The number of nitro benzene ring substituents is 1. The van der Waals surface area contributed by atoms with Crippen LogP contribution in [0, 0.1) is 16.0 Å². The Morgan fingerprint density at radius 2 is 1.87 bits per heavy atom. The number of thioether (sulfide) groups is 1. The molecule has 8 nitrogen and oxygen atoms in total. The molecule has 2 aromatic carbocycles. The molecule has 39 heavy (non-hydrogen) atoms. The molecular weight excluding hydrogens is 577 g/mol. The van der Waals surface area contributed by atoms with Gasteiger partial charge in [0, 0.05) is 24.9 Å². The summed E-state index contributed by atoms with van der Waals surface area (Å²) in [5.74, 6) is -0.614. The van der Waals surface area contributed by atoms with Crippen molar-refractivity contribution < 1.29 is 32.7 Å². The summed E-state index contributed by atoms with van der Waals surface area (Å²) in [6.07, 6.45) is 5.37. The zero-order valence-electron chi connectivity index (χ0n) is 20.4. The zero-order chi connectivity index (χ0) is 28.1. The van der Waals surface area contributed by atoms with E-state index in [9.17, 15) is 23.7 Å². The highest BCUT2D eigenvalue weighted by atomic mass is 35.5. The molecule has 3 aromatic rings. The van der Waals surface area contributed by atoms with Gasteiger partial charge in [0.1, 0.15) is 6.10 Å². The predicted molar refractivity (Wildman–Crippen MR) is 142 cm³/mol. The average molecular weight is 599 g/mol.